The first-order valence-corrected chi connectivity index (χ1v) is 8.96. The van der Waals surface area contributed by atoms with Crippen molar-refractivity contribution in [1.82, 2.24) is 5.32 Å². The fraction of sp³-hybridized carbons (Fsp3) is 0.235. The number of benzene rings is 1. The van der Waals surface area contributed by atoms with Crippen LogP contribution in [0.5, 0.6) is 0 Å². The maximum Gasteiger partial charge on any atom is 0.244 e. The first-order valence-electron chi connectivity index (χ1n) is 7.22. The second-order valence-electron chi connectivity index (χ2n) is 5.28. The smallest absolute Gasteiger partial charge is 0.244 e. The van der Waals surface area contributed by atoms with Crippen LogP contribution in [0.2, 0.25) is 0 Å². The third-order valence-corrected chi connectivity index (χ3v) is 5.07. The van der Waals surface area contributed by atoms with Gasteiger partial charge in [0.1, 0.15) is 0 Å². The SMILES string of the molecule is O=C(/C=C/c1ccsc1)NC1CCN(c2ccccc2Br)C1. The summed E-state index contributed by atoms with van der Waals surface area (Å²) in [4.78, 5) is 14.3. The number of carbonyl (C=O) groups excluding carboxylic acids is 1. The zero-order valence-electron chi connectivity index (χ0n) is 12.0. The number of hydrogen-bond donors (Lipinski definition) is 1. The zero-order chi connectivity index (χ0) is 15.4. The van der Waals surface area contributed by atoms with Crippen LogP contribution in [0.15, 0.2) is 51.6 Å². The molecule has 3 rings (SSSR count). The molecule has 1 fully saturated rings. The molecule has 1 aliphatic rings. The summed E-state index contributed by atoms with van der Waals surface area (Å²) >= 11 is 5.21. The highest BCUT2D eigenvalue weighted by Crippen LogP contribution is 2.28. The van der Waals surface area contributed by atoms with E-state index >= 15 is 0 Å². The molecule has 22 heavy (non-hydrogen) atoms. The van der Waals surface area contributed by atoms with E-state index in [-0.39, 0.29) is 11.9 Å². The predicted molar refractivity (Wildman–Crippen MR) is 96.3 cm³/mol. The lowest BCUT2D eigenvalue weighted by Crippen LogP contribution is -2.36. The Hall–Kier alpha value is -1.59. The summed E-state index contributed by atoms with van der Waals surface area (Å²) in [6.45, 7) is 1.81. The van der Waals surface area contributed by atoms with Crippen molar-refractivity contribution < 1.29 is 4.79 Å². The molecule has 1 unspecified atom stereocenters. The van der Waals surface area contributed by atoms with Gasteiger partial charge in [0, 0.05) is 29.7 Å². The number of amides is 1. The van der Waals surface area contributed by atoms with Gasteiger partial charge >= 0.3 is 0 Å². The van der Waals surface area contributed by atoms with E-state index in [1.165, 1.54) is 5.69 Å². The fourth-order valence-electron chi connectivity index (χ4n) is 2.60. The number of carbonyl (C=O) groups is 1. The Morgan fingerprint density at radius 2 is 2.23 bits per heavy atom. The molecule has 114 valence electrons. The molecule has 0 radical (unpaired) electrons. The largest absolute Gasteiger partial charge is 0.368 e. The van der Waals surface area contributed by atoms with Crippen molar-refractivity contribution >= 4 is 44.9 Å². The van der Waals surface area contributed by atoms with Gasteiger partial charge in [0.05, 0.1) is 5.69 Å². The van der Waals surface area contributed by atoms with Crippen LogP contribution in [-0.2, 0) is 4.79 Å². The van der Waals surface area contributed by atoms with E-state index in [1.54, 1.807) is 17.4 Å². The molecule has 1 aromatic heterocycles. The van der Waals surface area contributed by atoms with E-state index in [4.69, 9.17) is 0 Å². The van der Waals surface area contributed by atoms with Crippen molar-refractivity contribution in [3.05, 3.63) is 57.2 Å². The van der Waals surface area contributed by atoms with Crippen LogP contribution in [0.3, 0.4) is 0 Å². The maximum atomic E-state index is 12.0. The lowest BCUT2D eigenvalue weighted by atomic mass is 10.2. The number of rotatable bonds is 4. The fourth-order valence-corrected chi connectivity index (χ4v) is 3.76. The Kier molecular flexibility index (Phi) is 4.95. The highest BCUT2D eigenvalue weighted by Gasteiger charge is 2.24. The van der Waals surface area contributed by atoms with Gasteiger partial charge in [-0.25, -0.2) is 0 Å². The minimum atomic E-state index is -0.0230. The molecule has 0 aliphatic carbocycles. The van der Waals surface area contributed by atoms with Crippen molar-refractivity contribution in [3.63, 3.8) is 0 Å². The van der Waals surface area contributed by atoms with Crippen LogP contribution in [0.4, 0.5) is 5.69 Å². The van der Waals surface area contributed by atoms with Crippen molar-refractivity contribution in [2.75, 3.05) is 18.0 Å². The summed E-state index contributed by atoms with van der Waals surface area (Å²) in [7, 11) is 0. The molecule has 5 heteroatoms. The van der Waals surface area contributed by atoms with E-state index in [9.17, 15) is 4.79 Å². The lowest BCUT2D eigenvalue weighted by molar-refractivity contribution is -0.117. The number of nitrogens with zero attached hydrogens (tertiary/aromatic N) is 1. The van der Waals surface area contributed by atoms with Crippen LogP contribution in [0.25, 0.3) is 6.08 Å². The third-order valence-electron chi connectivity index (χ3n) is 3.70. The number of hydrogen-bond acceptors (Lipinski definition) is 3. The van der Waals surface area contributed by atoms with Crippen LogP contribution < -0.4 is 10.2 Å². The van der Waals surface area contributed by atoms with Gasteiger partial charge in [0.2, 0.25) is 5.91 Å². The first-order chi connectivity index (χ1) is 10.7. The molecule has 1 saturated heterocycles. The van der Waals surface area contributed by atoms with Gasteiger partial charge in [-0.3, -0.25) is 4.79 Å². The number of thiophene rings is 1. The Morgan fingerprint density at radius 3 is 3.00 bits per heavy atom. The van der Waals surface area contributed by atoms with E-state index in [0.29, 0.717) is 0 Å². The molecule has 1 aromatic carbocycles. The number of para-hydroxylation sites is 1. The number of halogens is 1. The quantitative estimate of drug-likeness (QED) is 0.820. The molecule has 2 heterocycles. The molecule has 1 amide bonds. The zero-order valence-corrected chi connectivity index (χ0v) is 14.4. The first kappa shape index (κ1) is 15.3. The Morgan fingerprint density at radius 1 is 1.36 bits per heavy atom. The monoisotopic (exact) mass is 376 g/mol. The van der Waals surface area contributed by atoms with Gasteiger partial charge in [-0.2, -0.15) is 11.3 Å². The van der Waals surface area contributed by atoms with Crippen LogP contribution >= 0.6 is 27.3 Å². The van der Waals surface area contributed by atoms with E-state index in [0.717, 1.165) is 29.5 Å². The van der Waals surface area contributed by atoms with Crippen LogP contribution in [0, 0.1) is 0 Å². The maximum absolute atomic E-state index is 12.0. The van der Waals surface area contributed by atoms with Crippen LogP contribution in [-0.4, -0.2) is 25.0 Å². The molecule has 0 spiro atoms. The van der Waals surface area contributed by atoms with Gasteiger partial charge in [0.25, 0.3) is 0 Å². The van der Waals surface area contributed by atoms with E-state index < -0.39 is 0 Å². The van der Waals surface area contributed by atoms with E-state index in [1.807, 2.05) is 41.1 Å². The topological polar surface area (TPSA) is 32.3 Å². The normalized spacial score (nSPS) is 18.0. The molecule has 0 bridgehead atoms. The van der Waals surface area contributed by atoms with Crippen LogP contribution in [0.1, 0.15) is 12.0 Å². The highest BCUT2D eigenvalue weighted by atomic mass is 79.9. The molecule has 3 nitrogen and oxygen atoms in total. The minimum Gasteiger partial charge on any atom is -0.368 e. The van der Waals surface area contributed by atoms with Gasteiger partial charge < -0.3 is 10.2 Å². The summed E-state index contributed by atoms with van der Waals surface area (Å²) < 4.78 is 1.10. The van der Waals surface area contributed by atoms with E-state index in [2.05, 4.69) is 32.2 Å². The Bertz CT molecular complexity index is 669. The lowest BCUT2D eigenvalue weighted by Gasteiger charge is -2.20. The predicted octanol–water partition coefficient (Wildman–Crippen LogP) is 3.92. The summed E-state index contributed by atoms with van der Waals surface area (Å²) in [5.41, 5.74) is 2.26. The van der Waals surface area contributed by atoms with Crippen molar-refractivity contribution in [2.45, 2.75) is 12.5 Å². The summed E-state index contributed by atoms with van der Waals surface area (Å²) in [5, 5.41) is 7.11. The number of nitrogens with one attached hydrogen (secondary N) is 1. The van der Waals surface area contributed by atoms with Crippen molar-refractivity contribution in [2.24, 2.45) is 0 Å². The minimum absolute atomic E-state index is 0.0230. The molecule has 1 aliphatic heterocycles. The third kappa shape index (κ3) is 3.78. The molecule has 1 atom stereocenters. The molecule has 2 aromatic rings. The summed E-state index contributed by atoms with van der Waals surface area (Å²) in [6, 6.07) is 10.4. The van der Waals surface area contributed by atoms with Gasteiger partial charge in [-0.05, 0) is 62.9 Å². The Labute approximate surface area is 142 Å². The molecular weight excluding hydrogens is 360 g/mol. The molecule has 0 saturated carbocycles. The molecule has 1 N–H and O–H groups in total. The molecular formula is C17H17BrN2OS. The second-order valence-corrected chi connectivity index (χ2v) is 6.92. The van der Waals surface area contributed by atoms with Crippen molar-refractivity contribution in [3.8, 4) is 0 Å². The highest BCUT2D eigenvalue weighted by molar-refractivity contribution is 9.10. The average molecular weight is 377 g/mol. The second kappa shape index (κ2) is 7.11. The van der Waals surface area contributed by atoms with Crippen molar-refractivity contribution in [1.29, 1.82) is 0 Å². The standard InChI is InChI=1S/C17H17BrN2OS/c18-15-3-1-2-4-16(15)20-9-7-14(11-20)19-17(21)6-5-13-8-10-22-12-13/h1-6,8,10,12,14H,7,9,11H2,(H,19,21)/b6-5+. The van der Waals surface area contributed by atoms with Gasteiger partial charge in [-0.1, -0.05) is 12.1 Å². The summed E-state index contributed by atoms with van der Waals surface area (Å²) in [5.74, 6) is -0.0230. The summed E-state index contributed by atoms with van der Waals surface area (Å²) in [6.07, 6.45) is 4.44. The Balaban J connectivity index is 1.55. The van der Waals surface area contributed by atoms with Gasteiger partial charge in [-0.15, -0.1) is 0 Å². The number of anilines is 1. The average Bonchev–Trinajstić information content (AvgIpc) is 3.17. The van der Waals surface area contributed by atoms with Gasteiger partial charge in [0.15, 0.2) is 0 Å².